The van der Waals surface area contributed by atoms with E-state index >= 15 is 0 Å². The average Bonchev–Trinajstić information content (AvgIpc) is 2.68. The van der Waals surface area contributed by atoms with E-state index in [2.05, 4.69) is 22.4 Å². The fourth-order valence-electron chi connectivity index (χ4n) is 2.91. The van der Waals surface area contributed by atoms with Crippen molar-refractivity contribution in [3.8, 4) is 0 Å². The van der Waals surface area contributed by atoms with E-state index < -0.39 is 0 Å². The summed E-state index contributed by atoms with van der Waals surface area (Å²) in [6, 6.07) is 21.5. The van der Waals surface area contributed by atoms with Crippen LogP contribution >= 0.6 is 11.6 Å². The summed E-state index contributed by atoms with van der Waals surface area (Å²) in [5, 5.41) is 3.74. The molecule has 4 heteroatoms. The molecule has 0 radical (unpaired) electrons. The maximum atomic E-state index is 12.9. The van der Waals surface area contributed by atoms with Crippen LogP contribution in [0.3, 0.4) is 0 Å². The molecule has 0 saturated heterocycles. The quantitative estimate of drug-likeness (QED) is 0.674. The third-order valence-corrected chi connectivity index (χ3v) is 4.59. The maximum Gasteiger partial charge on any atom is 0.227 e. The second kappa shape index (κ2) is 9.16. The second-order valence-electron chi connectivity index (χ2n) is 6.19. The van der Waals surface area contributed by atoms with Crippen LogP contribution in [0.1, 0.15) is 22.6 Å². The van der Waals surface area contributed by atoms with Crippen molar-refractivity contribution in [3.05, 3.63) is 101 Å². The molecule has 0 aliphatic rings. The first-order valence-corrected chi connectivity index (χ1v) is 9.06. The molecule has 3 aromatic rings. The fraction of sp³-hybridized carbons (Fsp3) is 0.182. The van der Waals surface area contributed by atoms with Crippen LogP contribution < -0.4 is 5.32 Å². The van der Waals surface area contributed by atoms with Crippen LogP contribution in [-0.2, 0) is 17.6 Å². The molecule has 0 aliphatic carbocycles. The van der Waals surface area contributed by atoms with Gasteiger partial charge in [0.15, 0.2) is 0 Å². The number of carbonyl (C=O) groups excluding carboxylic acids is 1. The molecule has 2 aromatic carbocycles. The van der Waals surface area contributed by atoms with E-state index in [-0.39, 0.29) is 11.8 Å². The zero-order valence-corrected chi connectivity index (χ0v) is 15.2. The maximum absolute atomic E-state index is 12.9. The summed E-state index contributed by atoms with van der Waals surface area (Å²) in [5.74, 6) is -0.231. The van der Waals surface area contributed by atoms with Gasteiger partial charge in [0.2, 0.25) is 5.91 Å². The Balaban J connectivity index is 1.69. The Morgan fingerprint density at radius 2 is 1.62 bits per heavy atom. The Morgan fingerprint density at radius 1 is 0.923 bits per heavy atom. The molecule has 1 atom stereocenters. The largest absolute Gasteiger partial charge is 0.355 e. The molecule has 1 heterocycles. The Labute approximate surface area is 159 Å². The zero-order chi connectivity index (χ0) is 18.2. The van der Waals surface area contributed by atoms with Crippen molar-refractivity contribution in [1.29, 1.82) is 0 Å². The number of halogens is 1. The summed E-state index contributed by atoms with van der Waals surface area (Å²) in [6.45, 7) is 0.614. The third-order valence-electron chi connectivity index (χ3n) is 4.33. The Hall–Kier alpha value is -2.65. The lowest BCUT2D eigenvalue weighted by Crippen LogP contribution is -2.32. The van der Waals surface area contributed by atoms with Gasteiger partial charge in [-0.05, 0) is 53.8 Å². The van der Waals surface area contributed by atoms with Crippen molar-refractivity contribution in [3.63, 3.8) is 0 Å². The zero-order valence-electron chi connectivity index (χ0n) is 14.4. The van der Waals surface area contributed by atoms with Crippen LogP contribution in [0, 0.1) is 0 Å². The molecule has 1 unspecified atom stereocenters. The minimum absolute atomic E-state index is 0.0278. The molecule has 0 aliphatic heterocycles. The molecule has 26 heavy (non-hydrogen) atoms. The lowest BCUT2D eigenvalue weighted by atomic mass is 9.91. The van der Waals surface area contributed by atoms with Gasteiger partial charge in [0.25, 0.3) is 0 Å². The summed E-state index contributed by atoms with van der Waals surface area (Å²) in [4.78, 5) is 16.9. The van der Waals surface area contributed by atoms with Crippen molar-refractivity contribution in [2.24, 2.45) is 0 Å². The molecule has 1 N–H and O–H groups in total. The first-order valence-electron chi connectivity index (χ1n) is 8.68. The molecular weight excluding hydrogens is 344 g/mol. The van der Waals surface area contributed by atoms with Gasteiger partial charge in [0.1, 0.15) is 0 Å². The van der Waals surface area contributed by atoms with Crippen molar-refractivity contribution < 1.29 is 4.79 Å². The number of carbonyl (C=O) groups is 1. The lowest BCUT2D eigenvalue weighted by molar-refractivity contribution is -0.122. The summed E-state index contributed by atoms with van der Waals surface area (Å²) in [5.41, 5.74) is 3.26. The second-order valence-corrected chi connectivity index (χ2v) is 6.63. The Morgan fingerprint density at radius 3 is 2.31 bits per heavy atom. The molecule has 1 aromatic heterocycles. The predicted molar refractivity (Wildman–Crippen MR) is 105 cm³/mol. The average molecular weight is 365 g/mol. The van der Waals surface area contributed by atoms with Gasteiger partial charge in [0.05, 0.1) is 5.92 Å². The molecule has 3 rings (SSSR count). The molecule has 1 amide bonds. The van der Waals surface area contributed by atoms with Crippen LogP contribution in [0.2, 0.25) is 5.02 Å². The number of nitrogens with zero attached hydrogens (tertiary/aromatic N) is 1. The van der Waals surface area contributed by atoms with Crippen molar-refractivity contribution in [2.75, 3.05) is 6.54 Å². The molecule has 132 valence electrons. The molecule has 0 spiro atoms. The van der Waals surface area contributed by atoms with E-state index in [9.17, 15) is 4.79 Å². The lowest BCUT2D eigenvalue weighted by Gasteiger charge is -2.18. The number of hydrogen-bond acceptors (Lipinski definition) is 2. The van der Waals surface area contributed by atoms with Gasteiger partial charge in [-0.25, -0.2) is 0 Å². The number of pyridine rings is 1. The van der Waals surface area contributed by atoms with Crippen LogP contribution in [0.15, 0.2) is 79.1 Å². The van der Waals surface area contributed by atoms with Gasteiger partial charge in [-0.1, -0.05) is 54.1 Å². The van der Waals surface area contributed by atoms with Crippen LogP contribution in [0.25, 0.3) is 0 Å². The van der Waals surface area contributed by atoms with E-state index in [1.54, 1.807) is 12.4 Å². The summed E-state index contributed by atoms with van der Waals surface area (Å²) < 4.78 is 0. The van der Waals surface area contributed by atoms with Crippen LogP contribution in [0.4, 0.5) is 0 Å². The highest BCUT2D eigenvalue weighted by atomic mass is 35.5. The minimum Gasteiger partial charge on any atom is -0.355 e. The summed E-state index contributed by atoms with van der Waals surface area (Å²) in [7, 11) is 0. The monoisotopic (exact) mass is 364 g/mol. The highest BCUT2D eigenvalue weighted by molar-refractivity contribution is 6.30. The number of rotatable bonds is 7. The van der Waals surface area contributed by atoms with Crippen LogP contribution in [-0.4, -0.2) is 17.4 Å². The van der Waals surface area contributed by atoms with Gasteiger partial charge in [0, 0.05) is 24.0 Å². The van der Waals surface area contributed by atoms with Crippen LogP contribution in [0.5, 0.6) is 0 Å². The van der Waals surface area contributed by atoms with Crippen molar-refractivity contribution in [2.45, 2.75) is 18.8 Å². The van der Waals surface area contributed by atoms with Crippen molar-refractivity contribution >= 4 is 17.5 Å². The molecular formula is C22H21ClN2O. The number of benzene rings is 2. The fourth-order valence-corrected chi connectivity index (χ4v) is 3.04. The predicted octanol–water partition coefficient (Wildman–Crippen LogP) is 4.42. The highest BCUT2D eigenvalue weighted by Crippen LogP contribution is 2.23. The number of hydrogen-bond donors (Lipinski definition) is 1. The van der Waals surface area contributed by atoms with E-state index in [1.807, 2.05) is 54.6 Å². The number of aromatic nitrogens is 1. The molecule has 0 saturated carbocycles. The topological polar surface area (TPSA) is 42.0 Å². The molecule has 0 fully saturated rings. The van der Waals surface area contributed by atoms with E-state index in [4.69, 9.17) is 11.6 Å². The first kappa shape index (κ1) is 18.2. The third kappa shape index (κ3) is 5.17. The highest BCUT2D eigenvalue weighted by Gasteiger charge is 2.21. The Bertz CT molecular complexity index is 820. The van der Waals surface area contributed by atoms with E-state index in [1.165, 1.54) is 5.56 Å². The van der Waals surface area contributed by atoms with Crippen molar-refractivity contribution in [1.82, 2.24) is 10.3 Å². The van der Waals surface area contributed by atoms with E-state index in [0.29, 0.717) is 18.0 Å². The minimum atomic E-state index is -0.259. The normalized spacial score (nSPS) is 11.7. The standard InChI is InChI=1S/C22H21ClN2O/c23-20-8-6-19(7-9-20)21(16-18-10-13-24-14-11-18)22(26)25-15-12-17-4-2-1-3-5-17/h1-11,13-14,21H,12,15-16H2,(H,25,26). The molecule has 0 bridgehead atoms. The number of nitrogens with one attached hydrogen (secondary N) is 1. The number of amides is 1. The van der Waals surface area contributed by atoms with Gasteiger partial charge >= 0.3 is 0 Å². The van der Waals surface area contributed by atoms with E-state index in [0.717, 1.165) is 17.5 Å². The SMILES string of the molecule is O=C(NCCc1ccccc1)C(Cc1ccncc1)c1ccc(Cl)cc1. The molecule has 3 nitrogen and oxygen atoms in total. The van der Waals surface area contributed by atoms with Gasteiger partial charge in [-0.15, -0.1) is 0 Å². The van der Waals surface area contributed by atoms with Gasteiger partial charge in [-0.3, -0.25) is 9.78 Å². The summed E-state index contributed by atoms with van der Waals surface area (Å²) in [6.07, 6.45) is 4.94. The Kier molecular flexibility index (Phi) is 6.39. The first-order chi connectivity index (χ1) is 12.7. The van der Waals surface area contributed by atoms with Gasteiger partial charge in [-0.2, -0.15) is 0 Å². The summed E-state index contributed by atoms with van der Waals surface area (Å²) >= 11 is 6.00. The smallest absolute Gasteiger partial charge is 0.227 e. The van der Waals surface area contributed by atoms with Gasteiger partial charge < -0.3 is 5.32 Å².